The molecule has 156 valence electrons. The van der Waals surface area contributed by atoms with Crippen molar-refractivity contribution >= 4 is 5.69 Å². The van der Waals surface area contributed by atoms with E-state index in [4.69, 9.17) is 14.2 Å². The monoisotopic (exact) mass is 396 g/mol. The molecule has 2 fully saturated rings. The van der Waals surface area contributed by atoms with Gasteiger partial charge >= 0.3 is 0 Å². The first-order chi connectivity index (χ1) is 14.2. The lowest BCUT2D eigenvalue weighted by molar-refractivity contribution is 0.201. The minimum atomic E-state index is 0.322. The zero-order chi connectivity index (χ0) is 20.1. The van der Waals surface area contributed by atoms with E-state index in [0.717, 1.165) is 56.1 Å². The lowest BCUT2D eigenvalue weighted by Gasteiger charge is -2.35. The van der Waals surface area contributed by atoms with Crippen LogP contribution < -0.4 is 24.4 Å². The van der Waals surface area contributed by atoms with Crippen molar-refractivity contribution in [2.24, 2.45) is 0 Å². The molecule has 0 aromatic heterocycles. The maximum atomic E-state index is 6.30. The van der Waals surface area contributed by atoms with E-state index < -0.39 is 0 Å². The van der Waals surface area contributed by atoms with Crippen LogP contribution in [0.1, 0.15) is 31.2 Å². The van der Waals surface area contributed by atoms with Gasteiger partial charge in [0.15, 0.2) is 11.5 Å². The molecular weight excluding hydrogens is 364 g/mol. The molecule has 5 nitrogen and oxygen atoms in total. The number of ether oxygens (including phenoxy) is 3. The first kappa shape index (κ1) is 19.9. The van der Waals surface area contributed by atoms with Gasteiger partial charge in [-0.3, -0.25) is 0 Å². The van der Waals surface area contributed by atoms with Gasteiger partial charge in [0.1, 0.15) is 5.75 Å². The molecule has 1 heterocycles. The highest BCUT2D eigenvalue weighted by Gasteiger charge is 2.23. The maximum Gasteiger partial charge on any atom is 0.163 e. The van der Waals surface area contributed by atoms with E-state index in [1.165, 1.54) is 24.1 Å². The molecule has 29 heavy (non-hydrogen) atoms. The number of benzene rings is 2. The Balaban J connectivity index is 1.45. The predicted octanol–water partition coefficient (Wildman–Crippen LogP) is 4.05. The fraction of sp³-hybridized carbons (Fsp3) is 0.500. The van der Waals surface area contributed by atoms with Gasteiger partial charge in [0, 0.05) is 37.4 Å². The van der Waals surface area contributed by atoms with Gasteiger partial charge in [-0.1, -0.05) is 12.1 Å². The van der Waals surface area contributed by atoms with Crippen molar-refractivity contribution < 1.29 is 14.2 Å². The number of methoxy groups -OCH3 is 2. The van der Waals surface area contributed by atoms with Crippen molar-refractivity contribution in [3.8, 4) is 17.2 Å². The summed E-state index contributed by atoms with van der Waals surface area (Å²) in [5.74, 6) is 2.61. The van der Waals surface area contributed by atoms with Crippen molar-refractivity contribution in [1.82, 2.24) is 5.32 Å². The Morgan fingerprint density at radius 3 is 2.66 bits per heavy atom. The summed E-state index contributed by atoms with van der Waals surface area (Å²) in [5, 5.41) is 3.66. The molecule has 1 unspecified atom stereocenters. The maximum absolute atomic E-state index is 6.30. The topological polar surface area (TPSA) is 43.0 Å². The predicted molar refractivity (Wildman–Crippen MR) is 117 cm³/mol. The third kappa shape index (κ3) is 4.96. The molecule has 1 saturated carbocycles. The van der Waals surface area contributed by atoms with E-state index in [1.807, 2.05) is 12.1 Å². The van der Waals surface area contributed by atoms with Gasteiger partial charge in [0.25, 0.3) is 0 Å². The lowest BCUT2D eigenvalue weighted by atomic mass is 10.0. The second-order valence-corrected chi connectivity index (χ2v) is 8.01. The zero-order valence-electron chi connectivity index (χ0n) is 17.5. The van der Waals surface area contributed by atoms with E-state index in [0.29, 0.717) is 12.1 Å². The molecule has 2 aliphatic rings. The molecule has 1 aliphatic carbocycles. The number of hydrogen-bond donors (Lipinski definition) is 1. The van der Waals surface area contributed by atoms with E-state index in [-0.39, 0.29) is 0 Å². The van der Waals surface area contributed by atoms with Crippen LogP contribution in [0.5, 0.6) is 17.2 Å². The molecule has 5 heteroatoms. The summed E-state index contributed by atoms with van der Waals surface area (Å²) in [4.78, 5) is 2.45. The molecule has 1 atom stereocenters. The van der Waals surface area contributed by atoms with Crippen LogP contribution in [0, 0.1) is 0 Å². The Kier molecular flexibility index (Phi) is 6.45. The molecular formula is C24H32N2O3. The molecule has 2 aromatic rings. The van der Waals surface area contributed by atoms with Gasteiger partial charge in [-0.2, -0.15) is 0 Å². The third-order valence-corrected chi connectivity index (χ3v) is 5.98. The summed E-state index contributed by atoms with van der Waals surface area (Å²) >= 11 is 0. The smallest absolute Gasteiger partial charge is 0.163 e. The third-order valence-electron chi connectivity index (χ3n) is 5.98. The number of nitrogens with zero attached hydrogens (tertiary/aromatic N) is 1. The van der Waals surface area contributed by atoms with Gasteiger partial charge in [-0.15, -0.1) is 0 Å². The molecule has 4 rings (SSSR count). The second-order valence-electron chi connectivity index (χ2n) is 8.01. The van der Waals surface area contributed by atoms with Crippen molar-refractivity contribution in [2.75, 3.05) is 38.8 Å². The largest absolute Gasteiger partial charge is 0.497 e. The minimum Gasteiger partial charge on any atom is -0.497 e. The highest BCUT2D eigenvalue weighted by Crippen LogP contribution is 2.35. The summed E-state index contributed by atoms with van der Waals surface area (Å²) in [6, 6.07) is 15.1. The van der Waals surface area contributed by atoms with Crippen molar-refractivity contribution in [2.45, 2.75) is 44.2 Å². The summed E-state index contributed by atoms with van der Waals surface area (Å²) in [5.41, 5.74) is 2.50. The molecule has 0 spiro atoms. The summed E-state index contributed by atoms with van der Waals surface area (Å²) in [6.07, 6.45) is 6.11. The zero-order valence-corrected chi connectivity index (χ0v) is 17.5. The first-order valence-corrected chi connectivity index (χ1v) is 10.7. The normalized spacial score (nSPS) is 19.9. The molecule has 0 amide bonds. The SMILES string of the molecule is COc1cccc(CC2CN(c3ccc(OC)c(OC4CCCC4)c3)CCN2)c1. The summed E-state index contributed by atoms with van der Waals surface area (Å²) < 4.78 is 17.2. The standard InChI is InChI=1S/C24H32N2O3/c1-27-22-9-5-6-18(15-22)14-19-17-26(13-12-25-19)20-10-11-23(28-2)24(16-20)29-21-7-3-4-8-21/h5-6,9-11,15-16,19,21,25H,3-4,7-8,12-14,17H2,1-2H3. The van der Waals surface area contributed by atoms with Gasteiger partial charge in [0.05, 0.1) is 20.3 Å². The molecule has 1 aliphatic heterocycles. The van der Waals surface area contributed by atoms with Crippen LogP contribution in [-0.4, -0.2) is 46.0 Å². The van der Waals surface area contributed by atoms with E-state index >= 15 is 0 Å². The van der Waals surface area contributed by atoms with Crippen LogP contribution in [0.4, 0.5) is 5.69 Å². The van der Waals surface area contributed by atoms with E-state index in [9.17, 15) is 0 Å². The Morgan fingerprint density at radius 2 is 1.86 bits per heavy atom. The van der Waals surface area contributed by atoms with Crippen molar-refractivity contribution in [1.29, 1.82) is 0 Å². The molecule has 1 N–H and O–H groups in total. The van der Waals surface area contributed by atoms with Crippen LogP contribution in [0.25, 0.3) is 0 Å². The lowest BCUT2D eigenvalue weighted by Crippen LogP contribution is -2.51. The molecule has 2 aromatic carbocycles. The van der Waals surface area contributed by atoms with Gasteiger partial charge < -0.3 is 24.4 Å². The average Bonchev–Trinajstić information content (AvgIpc) is 3.27. The Labute approximate surface area is 174 Å². The van der Waals surface area contributed by atoms with Crippen LogP contribution in [0.2, 0.25) is 0 Å². The number of nitrogens with one attached hydrogen (secondary N) is 1. The summed E-state index contributed by atoms with van der Waals surface area (Å²) in [7, 11) is 3.43. The fourth-order valence-electron chi connectivity index (χ4n) is 4.42. The quantitative estimate of drug-likeness (QED) is 0.765. The Bertz CT molecular complexity index is 804. The summed E-state index contributed by atoms with van der Waals surface area (Å²) in [6.45, 7) is 2.93. The second kappa shape index (κ2) is 9.40. The van der Waals surface area contributed by atoms with Gasteiger partial charge in [0.2, 0.25) is 0 Å². The Morgan fingerprint density at radius 1 is 1.00 bits per heavy atom. The van der Waals surface area contributed by atoms with Gasteiger partial charge in [-0.05, 0) is 61.9 Å². The van der Waals surface area contributed by atoms with Crippen LogP contribution >= 0.6 is 0 Å². The molecule has 0 radical (unpaired) electrons. The molecule has 1 saturated heterocycles. The average molecular weight is 397 g/mol. The Hall–Kier alpha value is -2.40. The highest BCUT2D eigenvalue weighted by atomic mass is 16.5. The fourth-order valence-corrected chi connectivity index (χ4v) is 4.42. The highest BCUT2D eigenvalue weighted by molar-refractivity contribution is 5.57. The first-order valence-electron chi connectivity index (χ1n) is 10.7. The van der Waals surface area contributed by atoms with Crippen molar-refractivity contribution in [3.63, 3.8) is 0 Å². The van der Waals surface area contributed by atoms with Crippen molar-refractivity contribution in [3.05, 3.63) is 48.0 Å². The van der Waals surface area contributed by atoms with E-state index in [2.05, 4.69) is 40.5 Å². The number of hydrogen-bond acceptors (Lipinski definition) is 5. The number of rotatable bonds is 7. The molecule has 0 bridgehead atoms. The minimum absolute atomic E-state index is 0.322. The van der Waals surface area contributed by atoms with Crippen LogP contribution in [0.3, 0.4) is 0 Å². The van der Waals surface area contributed by atoms with Gasteiger partial charge in [-0.25, -0.2) is 0 Å². The van der Waals surface area contributed by atoms with Crippen LogP contribution in [0.15, 0.2) is 42.5 Å². The number of piperazine rings is 1. The number of anilines is 1. The van der Waals surface area contributed by atoms with Crippen LogP contribution in [-0.2, 0) is 6.42 Å². The van der Waals surface area contributed by atoms with E-state index in [1.54, 1.807) is 14.2 Å².